The van der Waals surface area contributed by atoms with Crippen LogP contribution in [0.5, 0.6) is 5.75 Å². The van der Waals surface area contributed by atoms with Crippen molar-refractivity contribution < 1.29 is 29.3 Å². The second-order valence-corrected chi connectivity index (χ2v) is 6.58. The van der Waals surface area contributed by atoms with Crippen molar-refractivity contribution in [2.45, 2.75) is 25.3 Å². The molecule has 0 fully saturated rings. The Morgan fingerprint density at radius 3 is 2.53 bits per heavy atom. The predicted octanol–water partition coefficient (Wildman–Crippen LogP) is 2.55. The van der Waals surface area contributed by atoms with E-state index < -0.39 is 24.0 Å². The first-order valence-corrected chi connectivity index (χ1v) is 9.38. The molecule has 0 radical (unpaired) electrons. The van der Waals surface area contributed by atoms with Crippen molar-refractivity contribution >= 4 is 23.7 Å². The van der Waals surface area contributed by atoms with E-state index in [1.807, 2.05) is 0 Å². The normalized spacial score (nSPS) is 11.4. The number of phenols is 1. The molecule has 0 unspecified atom stereocenters. The number of carboxylic acid groups (broad SMARTS) is 1. The van der Waals surface area contributed by atoms with Gasteiger partial charge in [0.2, 0.25) is 5.91 Å². The molecule has 6 N–H and O–H groups in total. The number of carbonyl (C=O) groups excluding carboxylic acids is 2. The van der Waals surface area contributed by atoms with Crippen LogP contribution in [0, 0.1) is 0 Å². The van der Waals surface area contributed by atoms with Gasteiger partial charge in [-0.05, 0) is 67.3 Å². The number of amides is 2. The lowest BCUT2D eigenvalue weighted by Crippen LogP contribution is -2.43. The fourth-order valence-corrected chi connectivity index (χ4v) is 2.91. The summed E-state index contributed by atoms with van der Waals surface area (Å²) in [5, 5.41) is 24.4. The zero-order valence-electron chi connectivity index (χ0n) is 16.6. The molecule has 2 rings (SSSR count). The Bertz CT molecular complexity index is 915. The van der Waals surface area contributed by atoms with E-state index in [0.29, 0.717) is 42.6 Å². The number of carbonyl (C=O) groups is 3. The molecule has 0 aliphatic heterocycles. The number of carboxylic acids is 1. The third kappa shape index (κ3) is 6.21. The highest BCUT2D eigenvalue weighted by Gasteiger charge is 2.22. The van der Waals surface area contributed by atoms with Crippen molar-refractivity contribution in [1.29, 1.82) is 0 Å². The summed E-state index contributed by atoms with van der Waals surface area (Å²) in [5.74, 6) is -1.62. The molecule has 0 aliphatic rings. The number of methoxy groups -OCH3 is 1. The number of alkyl carbamates (subject to hydrolysis) is 1. The molecule has 2 amide bonds. The third-order valence-electron chi connectivity index (χ3n) is 4.42. The van der Waals surface area contributed by atoms with Gasteiger partial charge in [0, 0.05) is 5.69 Å². The van der Waals surface area contributed by atoms with Crippen molar-refractivity contribution in [2.24, 2.45) is 5.73 Å². The number of aromatic hydroxyl groups is 1. The molecule has 0 heterocycles. The average Bonchev–Trinajstić information content (AvgIpc) is 2.72. The Kier molecular flexibility index (Phi) is 8.18. The van der Waals surface area contributed by atoms with Gasteiger partial charge in [0.15, 0.2) is 0 Å². The number of benzene rings is 2. The zero-order chi connectivity index (χ0) is 22.1. The van der Waals surface area contributed by atoms with Gasteiger partial charge in [-0.2, -0.15) is 0 Å². The van der Waals surface area contributed by atoms with Gasteiger partial charge < -0.3 is 31.3 Å². The summed E-state index contributed by atoms with van der Waals surface area (Å²) < 4.78 is 4.57. The molecule has 160 valence electrons. The van der Waals surface area contributed by atoms with Crippen LogP contribution in [-0.4, -0.2) is 47.9 Å². The first-order chi connectivity index (χ1) is 14.3. The highest BCUT2D eigenvalue weighted by atomic mass is 16.5. The van der Waals surface area contributed by atoms with Crippen LogP contribution in [0.2, 0.25) is 0 Å². The molecular formula is C21H25N3O6. The van der Waals surface area contributed by atoms with Gasteiger partial charge in [0.1, 0.15) is 11.8 Å². The molecule has 2 aromatic rings. The fourth-order valence-electron chi connectivity index (χ4n) is 2.91. The lowest BCUT2D eigenvalue weighted by molar-refractivity contribution is -0.118. The molecule has 1 atom stereocenters. The van der Waals surface area contributed by atoms with Crippen molar-refractivity contribution in [3.8, 4) is 16.9 Å². The Balaban J connectivity index is 2.29. The summed E-state index contributed by atoms with van der Waals surface area (Å²) in [6, 6.07) is 9.65. The maximum Gasteiger partial charge on any atom is 0.407 e. The molecule has 0 saturated heterocycles. The lowest BCUT2D eigenvalue weighted by atomic mass is 9.98. The van der Waals surface area contributed by atoms with Gasteiger partial charge in [-0.15, -0.1) is 0 Å². The fraction of sp³-hybridized carbons (Fsp3) is 0.286. The van der Waals surface area contributed by atoms with E-state index in [2.05, 4.69) is 15.4 Å². The second kappa shape index (κ2) is 10.8. The molecule has 9 heteroatoms. The molecule has 30 heavy (non-hydrogen) atoms. The topological polar surface area (TPSA) is 151 Å². The predicted molar refractivity (Wildman–Crippen MR) is 111 cm³/mol. The van der Waals surface area contributed by atoms with Crippen LogP contribution in [0.1, 0.15) is 29.6 Å². The number of nitrogens with one attached hydrogen (secondary N) is 2. The zero-order valence-corrected chi connectivity index (χ0v) is 16.6. The maximum atomic E-state index is 12.7. The minimum Gasteiger partial charge on any atom is -0.508 e. The minimum atomic E-state index is -1.14. The molecule has 0 bridgehead atoms. The molecule has 0 aliphatic carbocycles. The number of aromatic carboxylic acids is 1. The second-order valence-electron chi connectivity index (χ2n) is 6.58. The number of hydrogen-bond donors (Lipinski definition) is 5. The third-order valence-corrected chi connectivity index (χ3v) is 4.42. The Morgan fingerprint density at radius 2 is 1.90 bits per heavy atom. The van der Waals surface area contributed by atoms with Crippen LogP contribution in [-0.2, 0) is 9.53 Å². The minimum absolute atomic E-state index is 0.0134. The van der Waals surface area contributed by atoms with Crippen molar-refractivity contribution in [1.82, 2.24) is 5.32 Å². The monoisotopic (exact) mass is 415 g/mol. The van der Waals surface area contributed by atoms with Gasteiger partial charge in [0.05, 0.1) is 12.7 Å². The lowest BCUT2D eigenvalue weighted by Gasteiger charge is -2.18. The summed E-state index contributed by atoms with van der Waals surface area (Å²) in [4.78, 5) is 35.9. The summed E-state index contributed by atoms with van der Waals surface area (Å²) in [6.45, 7) is 0.469. The maximum absolute atomic E-state index is 12.7. The van der Waals surface area contributed by atoms with Crippen LogP contribution in [0.3, 0.4) is 0 Å². The van der Waals surface area contributed by atoms with Gasteiger partial charge in [-0.3, -0.25) is 4.79 Å². The van der Waals surface area contributed by atoms with E-state index in [4.69, 9.17) is 5.73 Å². The standard InChI is InChI=1S/C21H25N3O6/c1-30-21(29)24-18(7-2-3-10-22)19(26)23-14-8-9-16(20(27)28)17(12-14)13-5-4-6-15(25)11-13/h4-6,8-9,11-12,18,25H,2-3,7,10,22H2,1H3,(H,23,26)(H,24,29)(H,27,28)/t18-/m0/s1. The molecule has 9 nitrogen and oxygen atoms in total. The van der Waals surface area contributed by atoms with Crippen LogP contribution < -0.4 is 16.4 Å². The van der Waals surface area contributed by atoms with E-state index >= 15 is 0 Å². The van der Waals surface area contributed by atoms with Crippen molar-refractivity contribution in [3.63, 3.8) is 0 Å². The highest BCUT2D eigenvalue weighted by Crippen LogP contribution is 2.29. The number of nitrogens with two attached hydrogens (primary N) is 1. The van der Waals surface area contributed by atoms with Crippen molar-refractivity contribution in [3.05, 3.63) is 48.0 Å². The van der Waals surface area contributed by atoms with Gasteiger partial charge in [-0.25, -0.2) is 9.59 Å². The Hall–Kier alpha value is -3.59. The van der Waals surface area contributed by atoms with Crippen LogP contribution >= 0.6 is 0 Å². The van der Waals surface area contributed by atoms with E-state index in [-0.39, 0.29) is 11.3 Å². The van der Waals surface area contributed by atoms with E-state index in [9.17, 15) is 24.6 Å². The number of unbranched alkanes of at least 4 members (excludes halogenated alkanes) is 1. The Morgan fingerprint density at radius 1 is 1.13 bits per heavy atom. The number of phenolic OH excluding ortho intramolecular Hbond substituents is 1. The summed E-state index contributed by atoms with van der Waals surface area (Å²) in [7, 11) is 1.20. The molecule has 0 saturated carbocycles. The van der Waals surface area contributed by atoms with E-state index in [1.165, 1.54) is 37.4 Å². The van der Waals surface area contributed by atoms with Crippen LogP contribution in [0.4, 0.5) is 10.5 Å². The average molecular weight is 415 g/mol. The van der Waals surface area contributed by atoms with Crippen molar-refractivity contribution in [2.75, 3.05) is 19.0 Å². The number of rotatable bonds is 9. The van der Waals surface area contributed by atoms with Crippen LogP contribution in [0.25, 0.3) is 11.1 Å². The number of ether oxygens (including phenoxy) is 1. The smallest absolute Gasteiger partial charge is 0.407 e. The van der Waals surface area contributed by atoms with Gasteiger partial charge in [-0.1, -0.05) is 12.1 Å². The quantitative estimate of drug-likeness (QED) is 0.395. The summed E-state index contributed by atoms with van der Waals surface area (Å²) >= 11 is 0. The SMILES string of the molecule is COC(=O)N[C@@H](CCCCN)C(=O)Nc1ccc(C(=O)O)c(-c2cccc(O)c2)c1. The summed E-state index contributed by atoms with van der Waals surface area (Å²) in [6.07, 6.45) is 0.960. The number of hydrogen-bond acceptors (Lipinski definition) is 6. The number of anilines is 1. The van der Waals surface area contributed by atoms with Crippen LogP contribution in [0.15, 0.2) is 42.5 Å². The Labute approximate surface area is 173 Å². The van der Waals surface area contributed by atoms with Gasteiger partial charge >= 0.3 is 12.1 Å². The van der Waals surface area contributed by atoms with E-state index in [1.54, 1.807) is 12.1 Å². The first-order valence-electron chi connectivity index (χ1n) is 9.38. The van der Waals surface area contributed by atoms with Gasteiger partial charge in [0.25, 0.3) is 0 Å². The highest BCUT2D eigenvalue weighted by molar-refractivity contribution is 6.00. The largest absolute Gasteiger partial charge is 0.508 e. The molecule has 0 spiro atoms. The van der Waals surface area contributed by atoms with E-state index in [0.717, 1.165) is 0 Å². The molecule has 2 aromatic carbocycles. The first kappa shape index (κ1) is 22.7. The summed E-state index contributed by atoms with van der Waals surface area (Å²) in [5.41, 5.74) is 6.66. The molecule has 0 aromatic heterocycles. The molecular weight excluding hydrogens is 390 g/mol.